The van der Waals surface area contributed by atoms with Crippen LogP contribution in [0.25, 0.3) is 0 Å². The molecule has 1 aromatic heterocycles. The first-order valence-corrected chi connectivity index (χ1v) is 8.15. The molecule has 0 aliphatic carbocycles. The number of nitrogens with one attached hydrogen (secondary N) is 1. The van der Waals surface area contributed by atoms with Gasteiger partial charge in [0.25, 0.3) is 0 Å². The molecule has 0 fully saturated rings. The highest BCUT2D eigenvalue weighted by Gasteiger charge is 2.26. The quantitative estimate of drug-likeness (QED) is 0.851. The van der Waals surface area contributed by atoms with E-state index in [1.165, 1.54) is 25.3 Å². The van der Waals surface area contributed by atoms with E-state index in [-0.39, 0.29) is 22.9 Å². The van der Waals surface area contributed by atoms with Crippen molar-refractivity contribution in [3.63, 3.8) is 0 Å². The number of rotatable bonds is 6. The fourth-order valence-corrected chi connectivity index (χ4v) is 3.52. The fourth-order valence-electron chi connectivity index (χ4n) is 1.84. The van der Waals surface area contributed by atoms with Crippen LogP contribution in [0.2, 0.25) is 5.02 Å². The SMILES string of the molecule is CC(O)(CNS(=O)(=O)c1ccccc1Cl)Cc1ccco1. The van der Waals surface area contributed by atoms with Crippen LogP contribution in [0.1, 0.15) is 12.7 Å². The second kappa shape index (κ2) is 6.19. The zero-order valence-corrected chi connectivity index (χ0v) is 13.0. The molecule has 1 heterocycles. The van der Waals surface area contributed by atoms with Crippen LogP contribution in [0.3, 0.4) is 0 Å². The van der Waals surface area contributed by atoms with E-state index < -0.39 is 15.6 Å². The second-order valence-electron chi connectivity index (χ2n) is 5.01. The number of halogens is 1. The van der Waals surface area contributed by atoms with Crippen LogP contribution in [0.15, 0.2) is 52.0 Å². The monoisotopic (exact) mass is 329 g/mol. The highest BCUT2D eigenvalue weighted by atomic mass is 35.5. The third-order valence-corrected chi connectivity index (χ3v) is 4.81. The molecule has 5 nitrogen and oxygen atoms in total. The van der Waals surface area contributed by atoms with Crippen LogP contribution >= 0.6 is 11.6 Å². The molecule has 2 aromatic rings. The summed E-state index contributed by atoms with van der Waals surface area (Å²) >= 11 is 5.88. The molecule has 0 amide bonds. The maximum absolute atomic E-state index is 12.2. The van der Waals surface area contributed by atoms with Crippen LogP contribution in [-0.4, -0.2) is 25.7 Å². The van der Waals surface area contributed by atoms with Gasteiger partial charge < -0.3 is 9.52 Å². The molecule has 0 radical (unpaired) electrons. The molecule has 1 unspecified atom stereocenters. The summed E-state index contributed by atoms with van der Waals surface area (Å²) in [7, 11) is -3.78. The average molecular weight is 330 g/mol. The van der Waals surface area contributed by atoms with Gasteiger partial charge in [-0.25, -0.2) is 13.1 Å². The molecule has 114 valence electrons. The Labute approximate surface area is 128 Å². The van der Waals surface area contributed by atoms with Crippen molar-refractivity contribution in [2.24, 2.45) is 0 Å². The van der Waals surface area contributed by atoms with Gasteiger partial charge in [0.1, 0.15) is 10.7 Å². The zero-order valence-electron chi connectivity index (χ0n) is 11.4. The predicted molar refractivity (Wildman–Crippen MR) is 79.7 cm³/mol. The van der Waals surface area contributed by atoms with Gasteiger partial charge in [-0.1, -0.05) is 23.7 Å². The summed E-state index contributed by atoms with van der Waals surface area (Å²) in [5, 5.41) is 10.4. The van der Waals surface area contributed by atoms with Gasteiger partial charge >= 0.3 is 0 Å². The summed E-state index contributed by atoms with van der Waals surface area (Å²) in [5.74, 6) is 0.581. The fraction of sp³-hybridized carbons (Fsp3) is 0.286. The van der Waals surface area contributed by atoms with E-state index >= 15 is 0 Å². The molecule has 0 aliphatic rings. The van der Waals surface area contributed by atoms with Crippen molar-refractivity contribution in [1.82, 2.24) is 4.72 Å². The summed E-state index contributed by atoms with van der Waals surface area (Å²) in [6, 6.07) is 9.56. The molecule has 0 bridgehead atoms. The number of benzene rings is 1. The molecule has 1 aromatic carbocycles. The van der Waals surface area contributed by atoms with Gasteiger partial charge in [0.2, 0.25) is 10.0 Å². The third kappa shape index (κ3) is 4.31. The van der Waals surface area contributed by atoms with Crippen molar-refractivity contribution in [3.05, 3.63) is 53.4 Å². The second-order valence-corrected chi connectivity index (χ2v) is 7.15. The van der Waals surface area contributed by atoms with Crippen molar-refractivity contribution in [2.75, 3.05) is 6.54 Å². The summed E-state index contributed by atoms with van der Waals surface area (Å²) in [5.41, 5.74) is -1.27. The van der Waals surface area contributed by atoms with Crippen molar-refractivity contribution >= 4 is 21.6 Å². The Morgan fingerprint density at radius 3 is 2.62 bits per heavy atom. The van der Waals surface area contributed by atoms with E-state index in [0.717, 1.165) is 0 Å². The van der Waals surface area contributed by atoms with Gasteiger partial charge in [0, 0.05) is 13.0 Å². The van der Waals surface area contributed by atoms with Crippen molar-refractivity contribution < 1.29 is 17.9 Å². The smallest absolute Gasteiger partial charge is 0.242 e. The third-order valence-electron chi connectivity index (χ3n) is 2.90. The minimum Gasteiger partial charge on any atom is -0.469 e. The van der Waals surface area contributed by atoms with E-state index in [2.05, 4.69) is 4.72 Å². The lowest BCUT2D eigenvalue weighted by Crippen LogP contribution is -2.42. The van der Waals surface area contributed by atoms with Crippen LogP contribution in [0.5, 0.6) is 0 Å². The summed E-state index contributed by atoms with van der Waals surface area (Å²) in [4.78, 5) is -0.0135. The van der Waals surface area contributed by atoms with E-state index in [1.807, 2.05) is 0 Å². The lowest BCUT2D eigenvalue weighted by Gasteiger charge is -2.22. The first-order valence-electron chi connectivity index (χ1n) is 6.29. The Morgan fingerprint density at radius 1 is 1.29 bits per heavy atom. The number of furan rings is 1. The molecule has 7 heteroatoms. The first kappa shape index (κ1) is 16.0. The molecule has 2 N–H and O–H groups in total. The van der Waals surface area contributed by atoms with E-state index in [0.29, 0.717) is 5.76 Å². The van der Waals surface area contributed by atoms with Gasteiger partial charge in [-0.2, -0.15) is 0 Å². The van der Waals surface area contributed by atoms with Gasteiger partial charge in [0.15, 0.2) is 0 Å². The van der Waals surface area contributed by atoms with Gasteiger partial charge in [-0.05, 0) is 31.2 Å². The Bertz CT molecular complexity index is 696. The Morgan fingerprint density at radius 2 is 2.00 bits per heavy atom. The van der Waals surface area contributed by atoms with Crippen molar-refractivity contribution in [3.8, 4) is 0 Å². The maximum atomic E-state index is 12.2. The van der Waals surface area contributed by atoms with Crippen molar-refractivity contribution in [1.29, 1.82) is 0 Å². The molecular formula is C14H16ClNO4S. The summed E-state index contributed by atoms with van der Waals surface area (Å²) < 4.78 is 31.9. The number of aliphatic hydroxyl groups is 1. The summed E-state index contributed by atoms with van der Waals surface area (Å²) in [6.07, 6.45) is 1.70. The van der Waals surface area contributed by atoms with Crippen LogP contribution in [-0.2, 0) is 16.4 Å². The Kier molecular flexibility index (Phi) is 4.73. The molecule has 2 rings (SSSR count). The standard InChI is InChI=1S/C14H16ClNO4S/c1-14(17,9-11-5-4-8-20-11)10-16-21(18,19)13-7-3-2-6-12(13)15/h2-8,16-17H,9-10H2,1H3. The van der Waals surface area contributed by atoms with Gasteiger partial charge in [-0.3, -0.25) is 0 Å². The highest BCUT2D eigenvalue weighted by Crippen LogP contribution is 2.21. The van der Waals surface area contributed by atoms with Crippen LogP contribution in [0, 0.1) is 0 Å². The maximum Gasteiger partial charge on any atom is 0.242 e. The number of hydrogen-bond acceptors (Lipinski definition) is 4. The molecular weight excluding hydrogens is 314 g/mol. The first-order chi connectivity index (χ1) is 9.80. The lowest BCUT2D eigenvalue weighted by atomic mass is 10.0. The predicted octanol–water partition coefficient (Wildman–Crippen LogP) is 2.21. The number of sulfonamides is 1. The van der Waals surface area contributed by atoms with Crippen molar-refractivity contribution in [2.45, 2.75) is 23.8 Å². The Balaban J connectivity index is 2.06. The van der Waals surface area contributed by atoms with E-state index in [4.69, 9.17) is 16.0 Å². The number of hydrogen-bond donors (Lipinski definition) is 2. The molecule has 21 heavy (non-hydrogen) atoms. The minimum absolute atomic E-state index is 0.0135. The van der Waals surface area contributed by atoms with Crippen LogP contribution < -0.4 is 4.72 Å². The zero-order chi connectivity index (χ0) is 15.5. The van der Waals surface area contributed by atoms with Gasteiger partial charge in [-0.15, -0.1) is 0 Å². The van der Waals surface area contributed by atoms with E-state index in [9.17, 15) is 13.5 Å². The van der Waals surface area contributed by atoms with Crippen LogP contribution in [0.4, 0.5) is 0 Å². The molecule has 0 saturated heterocycles. The lowest BCUT2D eigenvalue weighted by molar-refractivity contribution is 0.0603. The summed E-state index contributed by atoms with van der Waals surface area (Å²) in [6.45, 7) is 1.38. The molecule has 1 atom stereocenters. The normalized spacial score (nSPS) is 14.8. The minimum atomic E-state index is -3.78. The highest BCUT2D eigenvalue weighted by molar-refractivity contribution is 7.89. The molecule has 0 saturated carbocycles. The average Bonchev–Trinajstić information content (AvgIpc) is 2.89. The topological polar surface area (TPSA) is 79.5 Å². The van der Waals surface area contributed by atoms with Gasteiger partial charge in [0.05, 0.1) is 16.9 Å². The Hall–Kier alpha value is -1.34. The molecule has 0 aliphatic heterocycles. The van der Waals surface area contributed by atoms with E-state index in [1.54, 1.807) is 24.3 Å². The largest absolute Gasteiger partial charge is 0.469 e. The molecule has 0 spiro atoms.